The molecule has 2 rings (SSSR count). The van der Waals surface area contributed by atoms with E-state index in [1.807, 2.05) is 25.1 Å². The van der Waals surface area contributed by atoms with Gasteiger partial charge in [0.2, 0.25) is 5.91 Å². The van der Waals surface area contributed by atoms with Crippen molar-refractivity contribution in [3.05, 3.63) is 28.2 Å². The first-order chi connectivity index (χ1) is 9.15. The Bertz CT molecular complexity index is 447. The number of benzene rings is 1. The van der Waals surface area contributed by atoms with Gasteiger partial charge in [0.15, 0.2) is 0 Å². The highest BCUT2D eigenvalue weighted by Gasteiger charge is 2.14. The number of halogens is 2. The molecule has 0 radical (unpaired) electrons. The van der Waals surface area contributed by atoms with Crippen molar-refractivity contribution < 1.29 is 4.79 Å². The molecular formula is C15H22BrClN2O. The minimum atomic E-state index is 0. The molecule has 1 fully saturated rings. The highest BCUT2D eigenvalue weighted by molar-refractivity contribution is 9.10. The highest BCUT2D eigenvalue weighted by Crippen LogP contribution is 2.21. The van der Waals surface area contributed by atoms with E-state index in [-0.39, 0.29) is 18.3 Å². The molecule has 1 heterocycles. The zero-order valence-electron chi connectivity index (χ0n) is 11.7. The maximum atomic E-state index is 11.9. The van der Waals surface area contributed by atoms with Crippen LogP contribution in [0, 0.1) is 12.8 Å². The zero-order chi connectivity index (χ0) is 13.7. The molecule has 1 aliphatic heterocycles. The van der Waals surface area contributed by atoms with Crippen LogP contribution in [0.1, 0.15) is 31.2 Å². The number of carbonyl (C=O) groups is 1. The van der Waals surface area contributed by atoms with Gasteiger partial charge in [-0.15, -0.1) is 12.4 Å². The van der Waals surface area contributed by atoms with Gasteiger partial charge in [-0.3, -0.25) is 4.79 Å². The van der Waals surface area contributed by atoms with Crippen molar-refractivity contribution in [1.82, 2.24) is 5.32 Å². The molecule has 0 aliphatic carbocycles. The van der Waals surface area contributed by atoms with Crippen LogP contribution in [0.25, 0.3) is 0 Å². The summed E-state index contributed by atoms with van der Waals surface area (Å²) >= 11 is 3.46. The Morgan fingerprint density at radius 1 is 1.40 bits per heavy atom. The van der Waals surface area contributed by atoms with E-state index < -0.39 is 0 Å². The van der Waals surface area contributed by atoms with Crippen molar-refractivity contribution in [2.45, 2.75) is 32.6 Å². The lowest BCUT2D eigenvalue weighted by atomic mass is 9.93. The van der Waals surface area contributed by atoms with Crippen LogP contribution in [-0.2, 0) is 4.79 Å². The fourth-order valence-electron chi connectivity index (χ4n) is 2.45. The van der Waals surface area contributed by atoms with Gasteiger partial charge in [0.05, 0.1) is 0 Å². The third-order valence-electron chi connectivity index (χ3n) is 3.68. The molecule has 1 saturated heterocycles. The summed E-state index contributed by atoms with van der Waals surface area (Å²) in [6.07, 6.45) is 4.03. The Morgan fingerprint density at radius 2 is 2.10 bits per heavy atom. The number of nitrogens with one attached hydrogen (secondary N) is 2. The van der Waals surface area contributed by atoms with Crippen LogP contribution in [0.5, 0.6) is 0 Å². The first-order valence-electron chi connectivity index (χ1n) is 6.92. The van der Waals surface area contributed by atoms with E-state index in [2.05, 4.69) is 26.6 Å². The van der Waals surface area contributed by atoms with E-state index in [9.17, 15) is 4.79 Å². The van der Waals surface area contributed by atoms with Gasteiger partial charge in [-0.1, -0.05) is 15.9 Å². The molecule has 1 amide bonds. The number of hydrogen-bond acceptors (Lipinski definition) is 2. The fraction of sp³-hybridized carbons (Fsp3) is 0.533. The van der Waals surface area contributed by atoms with Crippen LogP contribution < -0.4 is 10.6 Å². The summed E-state index contributed by atoms with van der Waals surface area (Å²) in [5.74, 6) is 0.832. The van der Waals surface area contributed by atoms with Crippen LogP contribution in [0.4, 0.5) is 5.69 Å². The van der Waals surface area contributed by atoms with Gasteiger partial charge in [-0.2, -0.15) is 0 Å². The molecule has 0 unspecified atom stereocenters. The monoisotopic (exact) mass is 360 g/mol. The number of rotatable bonds is 4. The summed E-state index contributed by atoms with van der Waals surface area (Å²) in [4.78, 5) is 11.9. The molecule has 0 aromatic heterocycles. The van der Waals surface area contributed by atoms with Crippen molar-refractivity contribution >= 4 is 39.9 Å². The molecule has 20 heavy (non-hydrogen) atoms. The average molecular weight is 362 g/mol. The van der Waals surface area contributed by atoms with Crippen molar-refractivity contribution in [2.75, 3.05) is 18.4 Å². The topological polar surface area (TPSA) is 41.1 Å². The van der Waals surface area contributed by atoms with Gasteiger partial charge in [0.25, 0.3) is 0 Å². The Labute approximate surface area is 135 Å². The second-order valence-corrected chi connectivity index (χ2v) is 6.10. The Morgan fingerprint density at radius 3 is 2.75 bits per heavy atom. The van der Waals surface area contributed by atoms with E-state index in [4.69, 9.17) is 0 Å². The lowest BCUT2D eigenvalue weighted by Gasteiger charge is -2.22. The zero-order valence-corrected chi connectivity index (χ0v) is 14.1. The molecule has 2 N–H and O–H groups in total. The largest absolute Gasteiger partial charge is 0.326 e. The third kappa shape index (κ3) is 5.43. The Balaban J connectivity index is 0.00000200. The van der Waals surface area contributed by atoms with E-state index in [0.717, 1.165) is 35.2 Å². The third-order valence-corrected chi connectivity index (χ3v) is 4.57. The lowest BCUT2D eigenvalue weighted by Crippen LogP contribution is -2.28. The minimum absolute atomic E-state index is 0. The lowest BCUT2D eigenvalue weighted by molar-refractivity contribution is -0.116. The van der Waals surface area contributed by atoms with Crippen molar-refractivity contribution in [1.29, 1.82) is 0 Å². The normalized spacial score (nSPS) is 15.5. The Kier molecular flexibility index (Phi) is 7.56. The van der Waals surface area contributed by atoms with Crippen LogP contribution in [0.3, 0.4) is 0 Å². The highest BCUT2D eigenvalue weighted by atomic mass is 79.9. The molecule has 1 aliphatic rings. The van der Waals surface area contributed by atoms with E-state index in [1.54, 1.807) is 0 Å². The first-order valence-corrected chi connectivity index (χ1v) is 7.71. The van der Waals surface area contributed by atoms with Gasteiger partial charge in [0.1, 0.15) is 0 Å². The number of piperidine rings is 1. The maximum absolute atomic E-state index is 11.9. The summed E-state index contributed by atoms with van der Waals surface area (Å²) in [5.41, 5.74) is 2.02. The molecule has 5 heteroatoms. The summed E-state index contributed by atoms with van der Waals surface area (Å²) in [6, 6.07) is 5.89. The fourth-order valence-corrected chi connectivity index (χ4v) is 2.70. The summed E-state index contributed by atoms with van der Waals surface area (Å²) in [5, 5.41) is 6.32. The SMILES string of the molecule is Cc1cc(NC(=O)CCC2CCNCC2)ccc1Br.Cl. The molecule has 1 aromatic carbocycles. The molecule has 0 spiro atoms. The van der Waals surface area contributed by atoms with Crippen LogP contribution in [-0.4, -0.2) is 19.0 Å². The maximum Gasteiger partial charge on any atom is 0.224 e. The van der Waals surface area contributed by atoms with Crippen LogP contribution >= 0.6 is 28.3 Å². The minimum Gasteiger partial charge on any atom is -0.326 e. The predicted octanol–water partition coefficient (Wildman–Crippen LogP) is 3.90. The summed E-state index contributed by atoms with van der Waals surface area (Å²) < 4.78 is 1.07. The van der Waals surface area contributed by atoms with Crippen molar-refractivity contribution in [3.8, 4) is 0 Å². The molecule has 3 nitrogen and oxygen atoms in total. The molecular weight excluding hydrogens is 340 g/mol. The standard InChI is InChI=1S/C15H21BrN2O.ClH/c1-11-10-13(3-4-14(11)16)18-15(19)5-2-12-6-8-17-9-7-12;/h3-4,10,12,17H,2,5-9H2,1H3,(H,18,19);1H. The molecule has 0 saturated carbocycles. The molecule has 0 bridgehead atoms. The van der Waals surface area contributed by atoms with Gasteiger partial charge < -0.3 is 10.6 Å². The Hall–Kier alpha value is -0.580. The number of amides is 1. The van der Waals surface area contributed by atoms with Crippen molar-refractivity contribution in [3.63, 3.8) is 0 Å². The molecule has 112 valence electrons. The number of hydrogen-bond donors (Lipinski definition) is 2. The van der Waals surface area contributed by atoms with Crippen molar-refractivity contribution in [2.24, 2.45) is 5.92 Å². The van der Waals surface area contributed by atoms with Gasteiger partial charge >= 0.3 is 0 Å². The number of carbonyl (C=O) groups excluding carboxylic acids is 1. The van der Waals surface area contributed by atoms with Gasteiger partial charge in [-0.05, 0) is 69.0 Å². The van der Waals surface area contributed by atoms with Crippen LogP contribution in [0.2, 0.25) is 0 Å². The first kappa shape index (κ1) is 17.5. The quantitative estimate of drug-likeness (QED) is 0.854. The summed E-state index contributed by atoms with van der Waals surface area (Å²) in [6.45, 7) is 4.21. The number of aryl methyl sites for hydroxylation is 1. The van der Waals surface area contributed by atoms with E-state index in [1.165, 1.54) is 12.8 Å². The second kappa shape index (κ2) is 8.65. The van der Waals surface area contributed by atoms with Gasteiger partial charge in [-0.25, -0.2) is 0 Å². The number of anilines is 1. The summed E-state index contributed by atoms with van der Waals surface area (Å²) in [7, 11) is 0. The average Bonchev–Trinajstić information content (AvgIpc) is 2.42. The predicted molar refractivity (Wildman–Crippen MR) is 89.6 cm³/mol. The molecule has 1 aromatic rings. The van der Waals surface area contributed by atoms with Gasteiger partial charge in [0, 0.05) is 16.6 Å². The second-order valence-electron chi connectivity index (χ2n) is 5.24. The van der Waals surface area contributed by atoms with E-state index in [0.29, 0.717) is 12.3 Å². The molecule has 0 atom stereocenters. The van der Waals surface area contributed by atoms with E-state index >= 15 is 0 Å². The van der Waals surface area contributed by atoms with Crippen LogP contribution in [0.15, 0.2) is 22.7 Å². The smallest absolute Gasteiger partial charge is 0.224 e.